The molecule has 0 spiro atoms. The number of halogens is 1. The van der Waals surface area contributed by atoms with Gasteiger partial charge in [0.1, 0.15) is 11.3 Å². The number of rotatable bonds is 2. The zero-order valence-corrected chi connectivity index (χ0v) is 10.5. The van der Waals surface area contributed by atoms with Gasteiger partial charge in [0.2, 0.25) is 5.91 Å². The number of nitrogens with one attached hydrogen (secondary N) is 1. The number of hydrogen-bond donors (Lipinski definition) is 1. The lowest BCUT2D eigenvalue weighted by Crippen LogP contribution is -2.41. The van der Waals surface area contributed by atoms with Crippen molar-refractivity contribution in [3.8, 4) is 0 Å². The summed E-state index contributed by atoms with van der Waals surface area (Å²) in [6.45, 7) is 0.714. The molecule has 1 unspecified atom stereocenters. The van der Waals surface area contributed by atoms with Crippen molar-refractivity contribution < 1.29 is 13.6 Å². The molecule has 1 aliphatic heterocycles. The number of fused-ring (bicyclic) bond motifs is 1. The molecule has 1 fully saturated rings. The van der Waals surface area contributed by atoms with Crippen LogP contribution in [0.15, 0.2) is 22.6 Å². The van der Waals surface area contributed by atoms with Gasteiger partial charge in [0.25, 0.3) is 6.01 Å². The lowest BCUT2D eigenvalue weighted by atomic mass is 10.1. The Morgan fingerprint density at radius 1 is 1.53 bits per heavy atom. The van der Waals surface area contributed by atoms with E-state index in [1.807, 2.05) is 0 Å². The first-order valence-electron chi connectivity index (χ1n) is 6.18. The summed E-state index contributed by atoms with van der Waals surface area (Å²) in [4.78, 5) is 17.5. The number of carbonyl (C=O) groups excluding carboxylic acids is 1. The van der Waals surface area contributed by atoms with Crippen molar-refractivity contribution in [1.82, 2.24) is 9.88 Å². The molecule has 1 aliphatic rings. The molecule has 0 saturated carbocycles. The van der Waals surface area contributed by atoms with E-state index in [0.29, 0.717) is 30.1 Å². The minimum Gasteiger partial charge on any atom is -0.424 e. The second-order valence-corrected chi connectivity index (χ2v) is 4.78. The zero-order chi connectivity index (χ0) is 13.4. The molecule has 1 saturated heterocycles. The summed E-state index contributed by atoms with van der Waals surface area (Å²) in [6.07, 6.45) is 1.26. The van der Waals surface area contributed by atoms with E-state index >= 15 is 0 Å². The number of piperidine rings is 1. The quantitative estimate of drug-likeness (QED) is 0.900. The summed E-state index contributed by atoms with van der Waals surface area (Å²) in [6, 6.07) is 4.55. The van der Waals surface area contributed by atoms with Gasteiger partial charge in [0, 0.05) is 32.1 Å². The minimum atomic E-state index is -0.346. The van der Waals surface area contributed by atoms with E-state index in [4.69, 9.17) is 4.42 Å². The molecule has 1 aromatic carbocycles. The van der Waals surface area contributed by atoms with Gasteiger partial charge < -0.3 is 14.6 Å². The summed E-state index contributed by atoms with van der Waals surface area (Å²) in [5, 5.41) is 3.09. The predicted molar refractivity (Wildman–Crippen MR) is 68.2 cm³/mol. The summed E-state index contributed by atoms with van der Waals surface area (Å²) >= 11 is 0. The number of hydrogen-bond acceptors (Lipinski definition) is 4. The number of oxazole rings is 1. The van der Waals surface area contributed by atoms with Crippen molar-refractivity contribution in [3.63, 3.8) is 0 Å². The lowest BCUT2D eigenvalue weighted by Gasteiger charge is -2.28. The molecule has 0 bridgehead atoms. The summed E-state index contributed by atoms with van der Waals surface area (Å²) in [5.41, 5.74) is 1.00. The molecule has 1 N–H and O–H groups in total. The van der Waals surface area contributed by atoms with Crippen LogP contribution in [0.1, 0.15) is 12.8 Å². The molecule has 100 valence electrons. The maximum absolute atomic E-state index is 13.0. The number of anilines is 1. The maximum atomic E-state index is 13.0. The van der Waals surface area contributed by atoms with E-state index < -0.39 is 0 Å². The van der Waals surface area contributed by atoms with Crippen LogP contribution >= 0.6 is 0 Å². The van der Waals surface area contributed by atoms with Gasteiger partial charge in [-0.2, -0.15) is 4.98 Å². The second kappa shape index (κ2) is 4.53. The molecule has 0 radical (unpaired) electrons. The van der Waals surface area contributed by atoms with Gasteiger partial charge in [-0.1, -0.05) is 0 Å². The van der Waals surface area contributed by atoms with Gasteiger partial charge in [0.15, 0.2) is 5.58 Å². The SMILES string of the molecule is CN1CCC(Nc2nc3cc(F)ccc3o2)CC1=O. The van der Waals surface area contributed by atoms with E-state index in [-0.39, 0.29) is 17.8 Å². The zero-order valence-electron chi connectivity index (χ0n) is 10.5. The van der Waals surface area contributed by atoms with Crippen LogP contribution in [0.25, 0.3) is 11.1 Å². The fourth-order valence-corrected chi connectivity index (χ4v) is 2.20. The molecule has 5 nitrogen and oxygen atoms in total. The van der Waals surface area contributed by atoms with Crippen molar-refractivity contribution >= 4 is 23.0 Å². The molecule has 6 heteroatoms. The van der Waals surface area contributed by atoms with E-state index in [9.17, 15) is 9.18 Å². The Balaban J connectivity index is 1.76. The topological polar surface area (TPSA) is 58.4 Å². The lowest BCUT2D eigenvalue weighted by molar-refractivity contribution is -0.132. The highest BCUT2D eigenvalue weighted by Gasteiger charge is 2.24. The smallest absolute Gasteiger partial charge is 0.295 e. The monoisotopic (exact) mass is 263 g/mol. The van der Waals surface area contributed by atoms with E-state index in [0.717, 1.165) is 6.42 Å². The Hall–Kier alpha value is -2.11. The van der Waals surface area contributed by atoms with Gasteiger partial charge in [-0.15, -0.1) is 0 Å². The number of likely N-dealkylation sites (tertiary alicyclic amines) is 1. The van der Waals surface area contributed by atoms with Crippen LogP contribution in [0.2, 0.25) is 0 Å². The normalized spacial score (nSPS) is 20.0. The molecule has 0 aliphatic carbocycles. The van der Waals surface area contributed by atoms with Crippen LogP contribution in [0.4, 0.5) is 10.4 Å². The van der Waals surface area contributed by atoms with Crippen LogP contribution in [0.3, 0.4) is 0 Å². The average Bonchev–Trinajstić information content (AvgIpc) is 2.75. The third-order valence-electron chi connectivity index (χ3n) is 3.34. The Kier molecular flexibility index (Phi) is 2.85. The van der Waals surface area contributed by atoms with Gasteiger partial charge in [0.05, 0.1) is 0 Å². The van der Waals surface area contributed by atoms with Crippen molar-refractivity contribution in [1.29, 1.82) is 0 Å². The molecule has 19 heavy (non-hydrogen) atoms. The third kappa shape index (κ3) is 2.38. The largest absolute Gasteiger partial charge is 0.424 e. The number of nitrogens with zero attached hydrogens (tertiary/aromatic N) is 2. The van der Waals surface area contributed by atoms with Crippen molar-refractivity contribution in [2.45, 2.75) is 18.9 Å². The fourth-order valence-electron chi connectivity index (χ4n) is 2.20. The highest BCUT2D eigenvalue weighted by molar-refractivity contribution is 5.78. The molecular weight excluding hydrogens is 249 g/mol. The molecular formula is C13H14FN3O2. The first-order valence-corrected chi connectivity index (χ1v) is 6.18. The van der Waals surface area contributed by atoms with Gasteiger partial charge in [-0.3, -0.25) is 4.79 Å². The standard InChI is InChI=1S/C13H14FN3O2/c1-17-5-4-9(7-12(17)18)15-13-16-10-6-8(14)2-3-11(10)19-13/h2-3,6,9H,4-5,7H2,1H3,(H,15,16). The van der Waals surface area contributed by atoms with Crippen LogP contribution in [-0.2, 0) is 4.79 Å². The number of benzene rings is 1. The summed E-state index contributed by atoms with van der Waals surface area (Å²) < 4.78 is 18.5. The summed E-state index contributed by atoms with van der Waals surface area (Å²) in [5.74, 6) is -0.243. The van der Waals surface area contributed by atoms with Gasteiger partial charge in [-0.25, -0.2) is 4.39 Å². The molecule has 1 atom stereocenters. The molecule has 1 aromatic heterocycles. The minimum absolute atomic E-state index is 0.0154. The van der Waals surface area contributed by atoms with E-state index in [1.54, 1.807) is 18.0 Å². The Morgan fingerprint density at radius 2 is 2.37 bits per heavy atom. The highest BCUT2D eigenvalue weighted by Crippen LogP contribution is 2.22. The van der Waals surface area contributed by atoms with Crippen LogP contribution < -0.4 is 5.32 Å². The summed E-state index contributed by atoms with van der Waals surface area (Å²) in [7, 11) is 1.79. The van der Waals surface area contributed by atoms with E-state index in [1.165, 1.54) is 12.1 Å². The molecule has 2 heterocycles. The van der Waals surface area contributed by atoms with Crippen molar-refractivity contribution in [2.75, 3.05) is 18.9 Å². The van der Waals surface area contributed by atoms with Crippen LogP contribution in [-0.4, -0.2) is 35.4 Å². The molecule has 1 amide bonds. The predicted octanol–water partition coefficient (Wildman–Crippen LogP) is 2.00. The number of carbonyl (C=O) groups is 1. The van der Waals surface area contributed by atoms with Crippen molar-refractivity contribution in [2.24, 2.45) is 0 Å². The average molecular weight is 263 g/mol. The Labute approximate surface area is 109 Å². The van der Waals surface area contributed by atoms with Crippen LogP contribution in [0, 0.1) is 5.82 Å². The molecule has 3 rings (SSSR count). The Morgan fingerprint density at radius 3 is 3.16 bits per heavy atom. The van der Waals surface area contributed by atoms with Crippen LogP contribution in [0.5, 0.6) is 0 Å². The van der Waals surface area contributed by atoms with Crippen molar-refractivity contribution in [3.05, 3.63) is 24.0 Å². The van der Waals surface area contributed by atoms with Gasteiger partial charge >= 0.3 is 0 Å². The molecule has 2 aromatic rings. The third-order valence-corrected chi connectivity index (χ3v) is 3.34. The highest BCUT2D eigenvalue weighted by atomic mass is 19.1. The number of aromatic nitrogens is 1. The van der Waals surface area contributed by atoms with E-state index in [2.05, 4.69) is 10.3 Å². The first-order chi connectivity index (χ1) is 9.11. The Bertz CT molecular complexity index is 625. The maximum Gasteiger partial charge on any atom is 0.295 e. The fraction of sp³-hybridized carbons (Fsp3) is 0.385. The second-order valence-electron chi connectivity index (χ2n) is 4.78. The first kappa shape index (κ1) is 12.0. The number of amides is 1. The van der Waals surface area contributed by atoms with Gasteiger partial charge in [-0.05, 0) is 18.6 Å².